The minimum atomic E-state index is -4.47. The van der Waals surface area contributed by atoms with Gasteiger partial charge in [0.05, 0.1) is 16.5 Å². The first-order valence-electron chi connectivity index (χ1n) is 11.0. The van der Waals surface area contributed by atoms with E-state index in [0.717, 1.165) is 22.9 Å². The van der Waals surface area contributed by atoms with Crippen molar-refractivity contribution in [3.63, 3.8) is 0 Å². The van der Waals surface area contributed by atoms with Gasteiger partial charge in [-0.2, -0.15) is 30.1 Å². The number of hydrogen-bond acceptors (Lipinski definition) is 6. The van der Waals surface area contributed by atoms with Crippen LogP contribution >= 0.6 is 24.4 Å². The van der Waals surface area contributed by atoms with E-state index in [2.05, 4.69) is 22.8 Å². The minimum absolute atomic E-state index is 0.152. The average molecular weight is 551 g/mol. The summed E-state index contributed by atoms with van der Waals surface area (Å²) in [5.74, 6) is 0.333. The first-order valence-corrected chi connectivity index (χ1v) is 14.1. The molecule has 0 amide bonds. The van der Waals surface area contributed by atoms with Gasteiger partial charge in [-0.05, 0) is 59.8 Å². The van der Waals surface area contributed by atoms with Gasteiger partial charge in [-0.15, -0.1) is 10.2 Å². The van der Waals surface area contributed by atoms with E-state index in [1.807, 2.05) is 24.3 Å². The monoisotopic (exact) mass is 550 g/mol. The van der Waals surface area contributed by atoms with Crippen LogP contribution in [0.5, 0.6) is 0 Å². The van der Waals surface area contributed by atoms with Crippen molar-refractivity contribution in [2.75, 3.05) is 12.8 Å². The largest absolute Gasteiger partial charge is 0.416 e. The molecule has 0 unspecified atom stereocenters. The smallest absolute Gasteiger partial charge is 0.273 e. The maximum Gasteiger partial charge on any atom is 0.416 e. The van der Waals surface area contributed by atoms with Crippen LogP contribution in [0.3, 0.4) is 0 Å². The second-order valence-corrected chi connectivity index (χ2v) is 11.8. The van der Waals surface area contributed by atoms with Crippen LogP contribution in [-0.4, -0.2) is 45.5 Å². The molecule has 2 atom stereocenters. The summed E-state index contributed by atoms with van der Waals surface area (Å²) in [5.41, 5.74) is -0.360. The molecule has 1 saturated heterocycles. The molecular weight excluding hydrogens is 529 g/mol. The zero-order valence-corrected chi connectivity index (χ0v) is 21.5. The number of nitrogens with zero attached hydrogens (tertiary/aromatic N) is 4. The van der Waals surface area contributed by atoms with Crippen molar-refractivity contribution in [1.29, 1.82) is 0 Å². The van der Waals surface area contributed by atoms with Crippen LogP contribution in [0.4, 0.5) is 13.2 Å². The van der Waals surface area contributed by atoms with Crippen molar-refractivity contribution >= 4 is 45.2 Å². The number of aromatic nitrogens is 3. The fourth-order valence-electron chi connectivity index (χ4n) is 4.42. The number of rotatable bonds is 5. The first kappa shape index (κ1) is 25.1. The van der Waals surface area contributed by atoms with Gasteiger partial charge >= 0.3 is 6.18 Å². The van der Waals surface area contributed by atoms with Crippen LogP contribution in [0.1, 0.15) is 23.9 Å². The summed E-state index contributed by atoms with van der Waals surface area (Å²) in [7, 11) is -3.94. The summed E-state index contributed by atoms with van der Waals surface area (Å²) < 4.78 is 69.9. The normalized spacial score (nSPS) is 19.2. The Labute approximate surface area is 216 Å². The van der Waals surface area contributed by atoms with E-state index in [1.54, 1.807) is 29.0 Å². The van der Waals surface area contributed by atoms with Crippen molar-refractivity contribution in [3.8, 4) is 5.69 Å². The molecule has 0 spiro atoms. The van der Waals surface area contributed by atoms with E-state index in [1.165, 1.54) is 28.2 Å². The third kappa shape index (κ3) is 4.51. The maximum atomic E-state index is 13.8. The lowest BCUT2D eigenvalue weighted by molar-refractivity contribution is -0.137. The Morgan fingerprint density at radius 3 is 2.36 bits per heavy atom. The third-order valence-electron chi connectivity index (χ3n) is 6.15. The zero-order chi connectivity index (χ0) is 25.7. The molecule has 1 aromatic heterocycles. The predicted octanol–water partition coefficient (Wildman–Crippen LogP) is 5.60. The van der Waals surface area contributed by atoms with Crippen LogP contribution < -0.4 is 0 Å². The number of thiol groups is 1. The summed E-state index contributed by atoms with van der Waals surface area (Å²) in [6, 6.07) is 16.4. The molecule has 0 N–H and O–H groups in total. The Balaban J connectivity index is 1.58. The quantitative estimate of drug-likeness (QED) is 0.259. The molecule has 36 heavy (non-hydrogen) atoms. The lowest BCUT2D eigenvalue weighted by Gasteiger charge is -2.24. The molecule has 188 valence electrons. The fourth-order valence-corrected chi connectivity index (χ4v) is 7.09. The standard InChI is InChI=1S/C24H21F3N4O2S3/c1-35-23-29-28-22(31(23)18-9-7-17(8-10-18)24(25,26)27)21-13-19(34)14-30(21)36(32,33)20-11-6-15-4-2-3-5-16(15)12-20/h2-12,19,21,34H,13-14H2,1H3/t19-,21+/m1/s1. The number of halogens is 3. The van der Waals surface area contributed by atoms with Crippen molar-refractivity contribution in [2.45, 2.75) is 33.9 Å². The van der Waals surface area contributed by atoms with Gasteiger partial charge in [0.1, 0.15) is 0 Å². The molecule has 2 heterocycles. The molecule has 6 nitrogen and oxygen atoms in total. The van der Waals surface area contributed by atoms with E-state index in [9.17, 15) is 21.6 Å². The Hall–Kier alpha value is -2.54. The Morgan fingerprint density at radius 1 is 1.00 bits per heavy atom. The highest BCUT2D eigenvalue weighted by molar-refractivity contribution is 7.98. The molecule has 0 radical (unpaired) electrons. The van der Waals surface area contributed by atoms with Crippen molar-refractivity contribution in [1.82, 2.24) is 19.1 Å². The molecule has 1 aliphatic rings. The highest BCUT2D eigenvalue weighted by Crippen LogP contribution is 2.40. The van der Waals surface area contributed by atoms with Crippen LogP contribution in [-0.2, 0) is 16.2 Å². The molecule has 4 aromatic rings. The number of alkyl halides is 3. The van der Waals surface area contributed by atoms with E-state index in [-0.39, 0.29) is 16.7 Å². The molecular formula is C24H21F3N4O2S3. The highest BCUT2D eigenvalue weighted by Gasteiger charge is 2.43. The first-order chi connectivity index (χ1) is 17.1. The molecule has 12 heteroatoms. The topological polar surface area (TPSA) is 68.1 Å². The van der Waals surface area contributed by atoms with Crippen LogP contribution in [0, 0.1) is 0 Å². The van der Waals surface area contributed by atoms with Gasteiger partial charge in [0.15, 0.2) is 11.0 Å². The molecule has 5 rings (SSSR count). The van der Waals surface area contributed by atoms with Crippen LogP contribution in [0.15, 0.2) is 76.8 Å². The zero-order valence-electron chi connectivity index (χ0n) is 18.9. The number of hydrogen-bond donors (Lipinski definition) is 1. The SMILES string of the molecule is CSc1nnc([C@@H]2C[C@@H](S)CN2S(=O)(=O)c2ccc3ccccc3c2)n1-c1ccc(C(F)(F)F)cc1. The minimum Gasteiger partial charge on any atom is -0.273 e. The second kappa shape index (κ2) is 9.40. The van der Waals surface area contributed by atoms with Gasteiger partial charge in [0.2, 0.25) is 10.0 Å². The van der Waals surface area contributed by atoms with Crippen molar-refractivity contribution in [2.24, 2.45) is 0 Å². The van der Waals surface area contributed by atoms with Gasteiger partial charge in [0.25, 0.3) is 0 Å². The molecule has 3 aromatic carbocycles. The lowest BCUT2D eigenvalue weighted by atomic mass is 10.1. The summed E-state index contributed by atoms with van der Waals surface area (Å²) in [6.45, 7) is 0.164. The Morgan fingerprint density at radius 2 is 1.69 bits per heavy atom. The third-order valence-corrected chi connectivity index (χ3v) is 9.03. The van der Waals surface area contributed by atoms with Gasteiger partial charge in [-0.25, -0.2) is 8.42 Å². The van der Waals surface area contributed by atoms with E-state index >= 15 is 0 Å². The number of thioether (sulfide) groups is 1. The maximum absolute atomic E-state index is 13.8. The summed E-state index contributed by atoms with van der Waals surface area (Å²) >= 11 is 5.83. The highest BCUT2D eigenvalue weighted by atomic mass is 32.2. The van der Waals surface area contributed by atoms with Crippen LogP contribution in [0.25, 0.3) is 16.5 Å². The molecule has 0 saturated carbocycles. The summed E-state index contributed by atoms with van der Waals surface area (Å²) in [5, 5.41) is 10.4. The predicted molar refractivity (Wildman–Crippen MR) is 136 cm³/mol. The van der Waals surface area contributed by atoms with Gasteiger partial charge in [-0.3, -0.25) is 4.57 Å². The van der Waals surface area contributed by atoms with E-state index < -0.39 is 27.8 Å². The van der Waals surface area contributed by atoms with Gasteiger partial charge < -0.3 is 0 Å². The molecule has 1 aliphatic heterocycles. The van der Waals surface area contributed by atoms with Crippen molar-refractivity contribution in [3.05, 3.63) is 78.1 Å². The average Bonchev–Trinajstić information content (AvgIpc) is 3.46. The molecule has 0 aliphatic carbocycles. The van der Waals surface area contributed by atoms with Gasteiger partial charge in [-0.1, -0.05) is 42.1 Å². The van der Waals surface area contributed by atoms with Crippen molar-refractivity contribution < 1.29 is 21.6 Å². The Bertz CT molecular complexity index is 1520. The van der Waals surface area contributed by atoms with E-state index in [4.69, 9.17) is 0 Å². The van der Waals surface area contributed by atoms with E-state index in [0.29, 0.717) is 23.1 Å². The second-order valence-electron chi connectivity index (χ2n) is 8.41. The van der Waals surface area contributed by atoms with Gasteiger partial charge in [0, 0.05) is 17.5 Å². The fraction of sp³-hybridized carbons (Fsp3) is 0.250. The molecule has 0 bridgehead atoms. The number of benzene rings is 3. The lowest BCUT2D eigenvalue weighted by Crippen LogP contribution is -2.32. The molecule has 1 fully saturated rings. The summed E-state index contributed by atoms with van der Waals surface area (Å²) in [4.78, 5) is 0.152. The van der Waals surface area contributed by atoms with Crippen LogP contribution in [0.2, 0.25) is 0 Å². The Kier molecular flexibility index (Phi) is 6.56. The number of sulfonamides is 1. The summed E-state index contributed by atoms with van der Waals surface area (Å²) in [6.07, 6.45) is -2.32. The number of fused-ring (bicyclic) bond motifs is 1.